The van der Waals surface area contributed by atoms with Crippen LogP contribution in [0.25, 0.3) is 0 Å². The van der Waals surface area contributed by atoms with E-state index in [2.05, 4.69) is 22.4 Å². The predicted molar refractivity (Wildman–Crippen MR) is 59.4 cm³/mol. The van der Waals surface area contributed by atoms with Gasteiger partial charge in [-0.15, -0.1) is 11.3 Å². The van der Waals surface area contributed by atoms with E-state index in [9.17, 15) is 0 Å². The van der Waals surface area contributed by atoms with Crippen LogP contribution in [-0.2, 0) is 6.54 Å². The second-order valence-electron chi connectivity index (χ2n) is 4.01. The highest BCUT2D eigenvalue weighted by molar-refractivity contribution is 7.09. The summed E-state index contributed by atoms with van der Waals surface area (Å²) in [5.74, 6) is 0.503. The van der Waals surface area contributed by atoms with Crippen molar-refractivity contribution in [2.24, 2.45) is 5.92 Å². The van der Waals surface area contributed by atoms with Crippen LogP contribution < -0.4 is 0 Å². The summed E-state index contributed by atoms with van der Waals surface area (Å²) in [7, 11) is 0. The molecule has 2 rings (SSSR count). The van der Waals surface area contributed by atoms with Gasteiger partial charge in [-0.25, -0.2) is 0 Å². The van der Waals surface area contributed by atoms with E-state index in [-0.39, 0.29) is 0 Å². The van der Waals surface area contributed by atoms with Crippen molar-refractivity contribution in [3.63, 3.8) is 0 Å². The molecule has 0 spiro atoms. The van der Waals surface area contributed by atoms with E-state index in [1.807, 2.05) is 11.3 Å². The Morgan fingerprint density at radius 3 is 3.21 bits per heavy atom. The fraction of sp³-hybridized carbons (Fsp3) is 0.636. The molecule has 78 valence electrons. The summed E-state index contributed by atoms with van der Waals surface area (Å²) in [6.45, 7) is 3.66. The van der Waals surface area contributed by atoms with Gasteiger partial charge in [-0.3, -0.25) is 4.90 Å². The molecule has 0 aromatic carbocycles. The van der Waals surface area contributed by atoms with Crippen LogP contribution in [0.4, 0.5) is 0 Å². The van der Waals surface area contributed by atoms with E-state index < -0.39 is 0 Å². The van der Waals surface area contributed by atoms with Crippen molar-refractivity contribution in [3.05, 3.63) is 22.4 Å². The molecule has 2 nitrogen and oxygen atoms in total. The number of hydrogen-bond acceptors (Lipinski definition) is 3. The van der Waals surface area contributed by atoms with Crippen LogP contribution in [0.15, 0.2) is 17.5 Å². The number of nitrogens with zero attached hydrogens (tertiary/aromatic N) is 1. The van der Waals surface area contributed by atoms with E-state index in [1.54, 1.807) is 0 Å². The minimum absolute atomic E-state index is 0.348. The maximum atomic E-state index is 9.11. The van der Waals surface area contributed by atoms with Gasteiger partial charge in [0.25, 0.3) is 0 Å². The van der Waals surface area contributed by atoms with Gasteiger partial charge < -0.3 is 5.11 Å². The summed E-state index contributed by atoms with van der Waals surface area (Å²) in [6, 6.07) is 4.29. The molecule has 1 aliphatic heterocycles. The minimum Gasteiger partial charge on any atom is -0.396 e. The monoisotopic (exact) mass is 211 g/mol. The topological polar surface area (TPSA) is 23.5 Å². The summed E-state index contributed by atoms with van der Waals surface area (Å²) in [4.78, 5) is 3.89. The Morgan fingerprint density at radius 1 is 1.57 bits per heavy atom. The Kier molecular flexibility index (Phi) is 3.56. The Hall–Kier alpha value is -0.380. The van der Waals surface area contributed by atoms with Crippen molar-refractivity contribution in [3.8, 4) is 0 Å². The summed E-state index contributed by atoms with van der Waals surface area (Å²) in [6.07, 6.45) is 2.42. The van der Waals surface area contributed by atoms with Gasteiger partial charge >= 0.3 is 0 Å². The second kappa shape index (κ2) is 4.91. The zero-order valence-corrected chi connectivity index (χ0v) is 9.17. The molecule has 0 radical (unpaired) electrons. The van der Waals surface area contributed by atoms with Crippen LogP contribution in [0.1, 0.15) is 17.7 Å². The second-order valence-corrected chi connectivity index (χ2v) is 5.04. The van der Waals surface area contributed by atoms with Gasteiger partial charge in [-0.2, -0.15) is 0 Å². The first kappa shape index (κ1) is 10.1. The van der Waals surface area contributed by atoms with Gasteiger partial charge in [0.05, 0.1) is 0 Å². The molecule has 0 amide bonds. The minimum atomic E-state index is 0.348. The van der Waals surface area contributed by atoms with Gasteiger partial charge in [-0.05, 0) is 36.8 Å². The van der Waals surface area contributed by atoms with Crippen LogP contribution in [0.2, 0.25) is 0 Å². The lowest BCUT2D eigenvalue weighted by Gasteiger charge is -2.31. The molecule has 1 N–H and O–H groups in total. The molecule has 2 heterocycles. The van der Waals surface area contributed by atoms with E-state index in [1.165, 1.54) is 24.3 Å². The fourth-order valence-electron chi connectivity index (χ4n) is 2.07. The highest BCUT2D eigenvalue weighted by atomic mass is 32.1. The molecular formula is C11H17NOS. The lowest BCUT2D eigenvalue weighted by atomic mass is 9.99. The smallest absolute Gasteiger partial charge is 0.0471 e. The lowest BCUT2D eigenvalue weighted by Crippen LogP contribution is -2.36. The largest absolute Gasteiger partial charge is 0.396 e. The first-order valence-corrected chi connectivity index (χ1v) is 6.12. The zero-order valence-electron chi connectivity index (χ0n) is 8.35. The van der Waals surface area contributed by atoms with Gasteiger partial charge in [0.1, 0.15) is 0 Å². The Balaban J connectivity index is 1.86. The van der Waals surface area contributed by atoms with Crippen LogP contribution in [-0.4, -0.2) is 29.7 Å². The average Bonchev–Trinajstić information content (AvgIpc) is 2.71. The Bertz CT molecular complexity index is 260. The quantitative estimate of drug-likeness (QED) is 0.826. The summed E-state index contributed by atoms with van der Waals surface area (Å²) in [5, 5.41) is 11.2. The van der Waals surface area contributed by atoms with Gasteiger partial charge in [0.2, 0.25) is 0 Å². The summed E-state index contributed by atoms with van der Waals surface area (Å²) in [5.41, 5.74) is 0. The van der Waals surface area contributed by atoms with Gasteiger partial charge in [0.15, 0.2) is 0 Å². The Morgan fingerprint density at radius 2 is 2.50 bits per heavy atom. The normalized spacial score (nSPS) is 23.9. The predicted octanol–water partition coefficient (Wildman–Crippen LogP) is 1.95. The molecule has 0 unspecified atom stereocenters. The zero-order chi connectivity index (χ0) is 9.80. The number of rotatable bonds is 3. The number of aliphatic hydroxyl groups is 1. The standard InChI is InChI=1S/C11H17NOS/c13-9-10-3-1-5-12(7-10)8-11-4-2-6-14-11/h2,4,6,10,13H,1,3,5,7-9H2/t10-/m0/s1. The molecule has 0 bridgehead atoms. The molecule has 1 aromatic heterocycles. The number of likely N-dealkylation sites (tertiary alicyclic amines) is 1. The van der Waals surface area contributed by atoms with Crippen molar-refractivity contribution in [1.82, 2.24) is 4.90 Å². The van der Waals surface area contributed by atoms with Crippen LogP contribution in [0, 0.1) is 5.92 Å². The van der Waals surface area contributed by atoms with Crippen molar-refractivity contribution < 1.29 is 5.11 Å². The highest BCUT2D eigenvalue weighted by Gasteiger charge is 2.19. The number of aliphatic hydroxyl groups excluding tert-OH is 1. The molecule has 1 atom stereocenters. The van der Waals surface area contributed by atoms with Crippen molar-refractivity contribution >= 4 is 11.3 Å². The van der Waals surface area contributed by atoms with E-state index in [0.29, 0.717) is 12.5 Å². The third-order valence-electron chi connectivity index (χ3n) is 2.82. The van der Waals surface area contributed by atoms with Gasteiger partial charge in [-0.1, -0.05) is 6.07 Å². The molecule has 3 heteroatoms. The van der Waals surface area contributed by atoms with Crippen LogP contribution in [0.5, 0.6) is 0 Å². The summed E-state index contributed by atoms with van der Waals surface area (Å²) >= 11 is 1.82. The third-order valence-corrected chi connectivity index (χ3v) is 3.68. The molecule has 0 aliphatic carbocycles. The maximum Gasteiger partial charge on any atom is 0.0471 e. The van der Waals surface area contributed by atoms with Crippen LogP contribution in [0.3, 0.4) is 0 Å². The maximum absolute atomic E-state index is 9.11. The van der Waals surface area contributed by atoms with E-state index in [4.69, 9.17) is 5.11 Å². The average molecular weight is 211 g/mol. The fourth-order valence-corrected chi connectivity index (χ4v) is 2.81. The molecular weight excluding hydrogens is 194 g/mol. The third kappa shape index (κ3) is 2.56. The first-order chi connectivity index (χ1) is 6.88. The highest BCUT2D eigenvalue weighted by Crippen LogP contribution is 2.19. The summed E-state index contributed by atoms with van der Waals surface area (Å²) < 4.78 is 0. The first-order valence-electron chi connectivity index (χ1n) is 5.24. The molecule has 1 saturated heterocycles. The van der Waals surface area contributed by atoms with Crippen molar-refractivity contribution in [2.45, 2.75) is 19.4 Å². The lowest BCUT2D eigenvalue weighted by molar-refractivity contribution is 0.116. The molecule has 1 fully saturated rings. The Labute approximate surface area is 89.2 Å². The van der Waals surface area contributed by atoms with Crippen molar-refractivity contribution in [2.75, 3.05) is 19.7 Å². The van der Waals surface area contributed by atoms with Crippen LogP contribution >= 0.6 is 11.3 Å². The SMILES string of the molecule is OC[C@H]1CCCN(Cc2cccs2)C1. The molecule has 14 heavy (non-hydrogen) atoms. The van der Waals surface area contributed by atoms with E-state index >= 15 is 0 Å². The number of piperidine rings is 1. The number of thiophene rings is 1. The van der Waals surface area contributed by atoms with Crippen molar-refractivity contribution in [1.29, 1.82) is 0 Å². The van der Waals surface area contributed by atoms with Gasteiger partial charge in [0, 0.05) is 24.6 Å². The molecule has 1 aromatic rings. The number of hydrogen-bond donors (Lipinski definition) is 1. The molecule has 1 aliphatic rings. The van der Waals surface area contributed by atoms with E-state index in [0.717, 1.165) is 13.1 Å². The molecule has 0 saturated carbocycles.